The quantitative estimate of drug-likeness (QED) is 0.701. The van der Waals surface area contributed by atoms with E-state index in [-0.39, 0.29) is 12.6 Å². The summed E-state index contributed by atoms with van der Waals surface area (Å²) in [6.07, 6.45) is 1.07. The van der Waals surface area contributed by atoms with Crippen molar-refractivity contribution in [2.75, 3.05) is 13.2 Å². The molecule has 3 N–H and O–H groups in total. The predicted octanol–water partition coefficient (Wildman–Crippen LogP) is 2.12. The summed E-state index contributed by atoms with van der Waals surface area (Å²) in [5.74, 6) is 0. The lowest BCUT2D eigenvalue weighted by atomic mass is 10.1. The maximum absolute atomic E-state index is 9.98. The van der Waals surface area contributed by atoms with Crippen molar-refractivity contribution in [3.05, 3.63) is 34.9 Å². The van der Waals surface area contributed by atoms with Gasteiger partial charge in [-0.1, -0.05) is 29.8 Å². The molecular formula is C13H20ClNO2. The molecule has 0 aliphatic carbocycles. The van der Waals surface area contributed by atoms with Gasteiger partial charge in [-0.3, -0.25) is 0 Å². The molecule has 2 atom stereocenters. The van der Waals surface area contributed by atoms with Crippen molar-refractivity contribution in [1.82, 2.24) is 5.32 Å². The molecule has 0 aliphatic rings. The summed E-state index contributed by atoms with van der Waals surface area (Å²) in [6, 6.07) is 7.58. The zero-order valence-electron chi connectivity index (χ0n) is 10.1. The number of halogens is 1. The molecule has 0 amide bonds. The van der Waals surface area contributed by atoms with Gasteiger partial charge in [-0.2, -0.15) is 0 Å². The van der Waals surface area contributed by atoms with Crippen molar-refractivity contribution in [3.63, 3.8) is 0 Å². The lowest BCUT2D eigenvalue weighted by Gasteiger charge is -2.17. The van der Waals surface area contributed by atoms with E-state index in [2.05, 4.69) is 5.32 Å². The molecule has 4 heteroatoms. The first kappa shape index (κ1) is 14.5. The van der Waals surface area contributed by atoms with Crippen LogP contribution in [0.2, 0.25) is 5.02 Å². The Morgan fingerprint density at radius 3 is 2.71 bits per heavy atom. The van der Waals surface area contributed by atoms with Crippen LogP contribution in [0.1, 0.15) is 31.4 Å². The Morgan fingerprint density at radius 2 is 2.06 bits per heavy atom. The van der Waals surface area contributed by atoms with Crippen molar-refractivity contribution < 1.29 is 10.2 Å². The van der Waals surface area contributed by atoms with Gasteiger partial charge < -0.3 is 15.5 Å². The first-order valence-electron chi connectivity index (χ1n) is 5.92. The third-order valence-electron chi connectivity index (χ3n) is 2.72. The number of rotatable bonds is 7. The van der Waals surface area contributed by atoms with Crippen molar-refractivity contribution >= 4 is 11.6 Å². The van der Waals surface area contributed by atoms with E-state index in [1.807, 2.05) is 25.1 Å². The third-order valence-corrected chi connectivity index (χ3v) is 3.06. The van der Waals surface area contributed by atoms with Gasteiger partial charge in [0.25, 0.3) is 0 Å². The fraction of sp³-hybridized carbons (Fsp3) is 0.538. The molecule has 0 bridgehead atoms. The van der Waals surface area contributed by atoms with Crippen molar-refractivity contribution in [2.24, 2.45) is 0 Å². The smallest absolute Gasteiger partial charge is 0.0928 e. The fourth-order valence-corrected chi connectivity index (χ4v) is 1.93. The normalized spacial score (nSPS) is 14.6. The Balaban J connectivity index is 2.39. The monoisotopic (exact) mass is 257 g/mol. The van der Waals surface area contributed by atoms with Crippen LogP contribution in [0.5, 0.6) is 0 Å². The van der Waals surface area contributed by atoms with E-state index in [1.54, 1.807) is 6.07 Å². The molecule has 0 aromatic heterocycles. The Morgan fingerprint density at radius 1 is 1.35 bits per heavy atom. The summed E-state index contributed by atoms with van der Waals surface area (Å²) < 4.78 is 0. The van der Waals surface area contributed by atoms with Gasteiger partial charge in [-0.05, 0) is 25.8 Å². The van der Waals surface area contributed by atoms with E-state index in [1.165, 1.54) is 0 Å². The van der Waals surface area contributed by atoms with E-state index in [4.69, 9.17) is 16.7 Å². The fourth-order valence-electron chi connectivity index (χ4n) is 1.67. The predicted molar refractivity (Wildman–Crippen MR) is 70.2 cm³/mol. The Labute approximate surface area is 107 Å². The topological polar surface area (TPSA) is 52.5 Å². The van der Waals surface area contributed by atoms with Crippen LogP contribution in [0.15, 0.2) is 24.3 Å². The molecule has 1 aromatic rings. The number of aliphatic hydroxyl groups is 2. The molecule has 17 heavy (non-hydrogen) atoms. The molecule has 2 unspecified atom stereocenters. The van der Waals surface area contributed by atoms with Gasteiger partial charge in [-0.25, -0.2) is 0 Å². The number of hydrogen-bond acceptors (Lipinski definition) is 3. The molecule has 1 rings (SSSR count). The molecule has 0 aliphatic heterocycles. The van der Waals surface area contributed by atoms with Crippen LogP contribution in [0.25, 0.3) is 0 Å². The zero-order valence-corrected chi connectivity index (χ0v) is 10.8. The first-order chi connectivity index (χ1) is 8.15. The van der Waals surface area contributed by atoms with Gasteiger partial charge in [0.1, 0.15) is 0 Å². The minimum Gasteiger partial charge on any atom is -0.396 e. The second kappa shape index (κ2) is 7.67. The van der Waals surface area contributed by atoms with Crippen LogP contribution in [-0.2, 0) is 0 Å². The SMILES string of the molecule is CC(CCCO)NCC(O)c1ccccc1Cl. The van der Waals surface area contributed by atoms with E-state index >= 15 is 0 Å². The molecule has 0 saturated carbocycles. The molecular weight excluding hydrogens is 238 g/mol. The van der Waals surface area contributed by atoms with E-state index in [0.29, 0.717) is 11.6 Å². The van der Waals surface area contributed by atoms with Gasteiger partial charge in [0, 0.05) is 29.8 Å². The van der Waals surface area contributed by atoms with Gasteiger partial charge in [0.15, 0.2) is 0 Å². The summed E-state index contributed by atoms with van der Waals surface area (Å²) in [4.78, 5) is 0. The molecule has 1 aromatic carbocycles. The zero-order chi connectivity index (χ0) is 12.7. The highest BCUT2D eigenvalue weighted by atomic mass is 35.5. The number of nitrogens with one attached hydrogen (secondary N) is 1. The molecule has 3 nitrogen and oxygen atoms in total. The summed E-state index contributed by atoms with van der Waals surface area (Å²) in [6.45, 7) is 2.71. The second-order valence-corrected chi connectivity index (χ2v) is 4.62. The molecule has 0 saturated heterocycles. The largest absolute Gasteiger partial charge is 0.396 e. The standard InChI is InChI=1S/C13H20ClNO2/c1-10(5-4-8-16)15-9-13(17)11-6-2-3-7-12(11)14/h2-3,6-7,10,13,15-17H,4-5,8-9H2,1H3. The minimum absolute atomic E-state index is 0.207. The number of aliphatic hydroxyl groups excluding tert-OH is 2. The lowest BCUT2D eigenvalue weighted by molar-refractivity contribution is 0.169. The van der Waals surface area contributed by atoms with Gasteiger partial charge in [0.05, 0.1) is 6.10 Å². The molecule has 0 fully saturated rings. The molecule has 0 heterocycles. The van der Waals surface area contributed by atoms with Crippen molar-refractivity contribution in [1.29, 1.82) is 0 Å². The van der Waals surface area contributed by atoms with Crippen molar-refractivity contribution in [2.45, 2.75) is 31.9 Å². The Kier molecular flexibility index (Phi) is 6.52. The third kappa shape index (κ3) is 5.04. The van der Waals surface area contributed by atoms with Crippen molar-refractivity contribution in [3.8, 4) is 0 Å². The van der Waals surface area contributed by atoms with Gasteiger partial charge >= 0.3 is 0 Å². The van der Waals surface area contributed by atoms with Crippen LogP contribution in [-0.4, -0.2) is 29.4 Å². The highest BCUT2D eigenvalue weighted by Gasteiger charge is 2.11. The van der Waals surface area contributed by atoms with Crippen LogP contribution < -0.4 is 5.32 Å². The maximum atomic E-state index is 9.98. The lowest BCUT2D eigenvalue weighted by Crippen LogP contribution is -2.30. The van der Waals surface area contributed by atoms with Crippen LogP contribution in [0, 0.1) is 0 Å². The second-order valence-electron chi connectivity index (χ2n) is 4.21. The summed E-state index contributed by atoms with van der Waals surface area (Å²) in [7, 11) is 0. The van der Waals surface area contributed by atoms with Crippen LogP contribution in [0.4, 0.5) is 0 Å². The van der Waals surface area contributed by atoms with Crippen LogP contribution >= 0.6 is 11.6 Å². The highest BCUT2D eigenvalue weighted by Crippen LogP contribution is 2.21. The van der Waals surface area contributed by atoms with Gasteiger partial charge in [0.2, 0.25) is 0 Å². The number of hydrogen-bond donors (Lipinski definition) is 3. The Hall–Kier alpha value is -0.610. The maximum Gasteiger partial charge on any atom is 0.0928 e. The summed E-state index contributed by atoms with van der Waals surface area (Å²) in [5, 5.41) is 22.5. The first-order valence-corrected chi connectivity index (χ1v) is 6.29. The summed E-state index contributed by atoms with van der Waals surface area (Å²) in [5.41, 5.74) is 0.746. The van der Waals surface area contributed by atoms with E-state index in [9.17, 15) is 5.11 Å². The van der Waals surface area contributed by atoms with E-state index < -0.39 is 6.10 Å². The average molecular weight is 258 g/mol. The average Bonchev–Trinajstić information content (AvgIpc) is 2.34. The van der Waals surface area contributed by atoms with Gasteiger partial charge in [-0.15, -0.1) is 0 Å². The number of benzene rings is 1. The van der Waals surface area contributed by atoms with E-state index in [0.717, 1.165) is 18.4 Å². The highest BCUT2D eigenvalue weighted by molar-refractivity contribution is 6.31. The Bertz CT molecular complexity index is 333. The molecule has 0 radical (unpaired) electrons. The molecule has 0 spiro atoms. The van der Waals surface area contributed by atoms with Crippen LogP contribution in [0.3, 0.4) is 0 Å². The summed E-state index contributed by atoms with van der Waals surface area (Å²) >= 11 is 6.00. The minimum atomic E-state index is -0.597. The molecule has 96 valence electrons.